The molecule has 1 heteroatoms. The molecule has 0 N–H and O–H groups in total. The van der Waals surface area contributed by atoms with Crippen molar-refractivity contribution in [2.75, 3.05) is 4.90 Å². The molecule has 2 aliphatic rings. The van der Waals surface area contributed by atoms with Crippen LogP contribution in [0.25, 0.3) is 23.3 Å². The monoisotopic (exact) mass is 689 g/mol. The summed E-state index contributed by atoms with van der Waals surface area (Å²) < 4.78 is 0. The first-order chi connectivity index (χ1) is 25.6. The molecule has 264 valence electrons. The largest absolute Gasteiger partial charge is 0.337 e. The van der Waals surface area contributed by atoms with Crippen molar-refractivity contribution in [3.05, 3.63) is 201 Å². The Morgan fingerprint density at radius 1 is 0.547 bits per heavy atom. The van der Waals surface area contributed by atoms with E-state index >= 15 is 0 Å². The van der Waals surface area contributed by atoms with E-state index in [2.05, 4.69) is 198 Å². The molecule has 53 heavy (non-hydrogen) atoms. The van der Waals surface area contributed by atoms with Gasteiger partial charge in [-0.15, -0.1) is 0 Å². The van der Waals surface area contributed by atoms with Crippen LogP contribution in [-0.4, -0.2) is 6.04 Å². The Balaban J connectivity index is 1.24. The minimum absolute atomic E-state index is 0.00398. The van der Waals surface area contributed by atoms with Crippen molar-refractivity contribution in [2.24, 2.45) is 0 Å². The normalized spacial score (nSPS) is 16.7. The summed E-state index contributed by atoms with van der Waals surface area (Å²) in [7, 11) is 0. The summed E-state index contributed by atoms with van der Waals surface area (Å²) in [4.78, 5) is 2.70. The predicted octanol–water partition coefficient (Wildman–Crippen LogP) is 13.9. The van der Waals surface area contributed by atoms with E-state index in [0.717, 1.165) is 0 Å². The second-order valence-electron chi connectivity index (χ2n) is 16.4. The fourth-order valence-electron chi connectivity index (χ4n) is 8.41. The van der Waals surface area contributed by atoms with Crippen molar-refractivity contribution in [3.8, 4) is 0 Å². The van der Waals surface area contributed by atoms with Crippen molar-refractivity contribution in [1.82, 2.24) is 0 Å². The van der Waals surface area contributed by atoms with Crippen LogP contribution >= 0.6 is 0 Å². The summed E-state index contributed by atoms with van der Waals surface area (Å²) in [5, 5.41) is 0. The van der Waals surface area contributed by atoms with E-state index in [4.69, 9.17) is 0 Å². The average molecular weight is 690 g/mol. The zero-order valence-corrected chi connectivity index (χ0v) is 32.2. The fourth-order valence-corrected chi connectivity index (χ4v) is 8.41. The molecule has 1 heterocycles. The van der Waals surface area contributed by atoms with Gasteiger partial charge in [0.1, 0.15) is 0 Å². The second kappa shape index (κ2) is 14.2. The van der Waals surface area contributed by atoms with Crippen LogP contribution < -0.4 is 4.90 Å². The predicted molar refractivity (Wildman–Crippen MR) is 228 cm³/mol. The van der Waals surface area contributed by atoms with Gasteiger partial charge < -0.3 is 4.90 Å². The molecule has 0 amide bonds. The van der Waals surface area contributed by atoms with E-state index in [9.17, 15) is 0 Å². The Morgan fingerprint density at radius 3 is 1.62 bits per heavy atom. The highest BCUT2D eigenvalue weighted by molar-refractivity contribution is 5.93. The molecule has 0 bridgehead atoms. The number of nitrogens with zero attached hydrogens (tertiary/aromatic N) is 1. The summed E-state index contributed by atoms with van der Waals surface area (Å²) in [5.74, 6) is 0.533. The number of anilines is 2. The lowest BCUT2D eigenvalue weighted by Crippen LogP contribution is -2.27. The molecular weight excluding hydrogens is 639 g/mol. The highest BCUT2D eigenvalue weighted by Gasteiger charge is 2.42. The van der Waals surface area contributed by atoms with E-state index in [1.807, 2.05) is 0 Å². The third-order valence-electron chi connectivity index (χ3n) is 11.4. The lowest BCUT2D eigenvalue weighted by Gasteiger charge is -2.30. The van der Waals surface area contributed by atoms with Gasteiger partial charge in [-0.05, 0) is 131 Å². The molecule has 6 aromatic rings. The zero-order chi connectivity index (χ0) is 36.7. The van der Waals surface area contributed by atoms with Crippen LogP contribution in [0, 0.1) is 20.8 Å². The maximum absolute atomic E-state index is 2.70. The first-order valence-electron chi connectivity index (χ1n) is 19.4. The lowest BCUT2D eigenvalue weighted by molar-refractivity contribution is 0.588. The lowest BCUT2D eigenvalue weighted by atomic mass is 9.85. The number of fused-ring (bicyclic) bond motifs is 3. The summed E-state index contributed by atoms with van der Waals surface area (Å²) in [6.07, 6.45) is 8.53. The maximum atomic E-state index is 2.70. The summed E-state index contributed by atoms with van der Waals surface area (Å²) >= 11 is 0. The Morgan fingerprint density at radius 2 is 1.08 bits per heavy atom. The average Bonchev–Trinajstić information content (AvgIpc) is 3.75. The highest BCUT2D eigenvalue weighted by Crippen LogP contribution is 2.53. The molecule has 2 atom stereocenters. The van der Waals surface area contributed by atoms with Crippen LogP contribution in [0.3, 0.4) is 0 Å². The quantitative estimate of drug-likeness (QED) is 0.151. The van der Waals surface area contributed by atoms with Crippen molar-refractivity contribution in [3.63, 3.8) is 0 Å². The van der Waals surface area contributed by atoms with Crippen molar-refractivity contribution in [2.45, 2.75) is 78.2 Å². The van der Waals surface area contributed by atoms with Gasteiger partial charge in [0, 0.05) is 23.3 Å². The summed E-state index contributed by atoms with van der Waals surface area (Å²) in [6, 6.07) is 52.8. The van der Waals surface area contributed by atoms with Gasteiger partial charge in [-0.2, -0.15) is 0 Å². The van der Waals surface area contributed by atoms with Gasteiger partial charge in [-0.1, -0.05) is 159 Å². The zero-order valence-electron chi connectivity index (χ0n) is 32.2. The van der Waals surface area contributed by atoms with Crippen LogP contribution in [0.2, 0.25) is 0 Å². The molecule has 0 saturated heterocycles. The molecule has 0 radical (unpaired) electrons. The molecule has 8 rings (SSSR count). The number of aryl methyl sites for hydroxylation is 3. The SMILES string of the molecule is Cc1ccc(C(=Cc2ccc3c(c2)C2CCCC2N3c2cc(/C=C(\c3ccccc3)c3ccc(C)cc3)cc(C(C)(C)C)c2)c2ccc(C)cc2)cc1. The molecule has 1 aliphatic heterocycles. The van der Waals surface area contributed by atoms with Crippen LogP contribution in [0.15, 0.2) is 140 Å². The molecule has 1 saturated carbocycles. The molecule has 6 aromatic carbocycles. The van der Waals surface area contributed by atoms with Crippen LogP contribution in [0.1, 0.15) is 107 Å². The summed E-state index contributed by atoms with van der Waals surface area (Å²) in [5.41, 5.74) is 19.4. The van der Waals surface area contributed by atoms with E-state index in [-0.39, 0.29) is 5.41 Å². The Hall–Kier alpha value is -5.40. The molecule has 2 unspecified atom stereocenters. The van der Waals surface area contributed by atoms with Crippen LogP contribution in [0.4, 0.5) is 11.4 Å². The number of benzene rings is 6. The number of hydrogen-bond acceptors (Lipinski definition) is 1. The van der Waals surface area contributed by atoms with Gasteiger partial charge in [0.15, 0.2) is 0 Å². The van der Waals surface area contributed by atoms with Crippen LogP contribution in [-0.2, 0) is 5.41 Å². The van der Waals surface area contributed by atoms with E-state index in [0.29, 0.717) is 12.0 Å². The van der Waals surface area contributed by atoms with Gasteiger partial charge in [0.2, 0.25) is 0 Å². The maximum Gasteiger partial charge on any atom is 0.0450 e. The fraction of sp³-hybridized carbons (Fsp3) is 0.231. The van der Waals surface area contributed by atoms with E-state index in [1.54, 1.807) is 0 Å². The number of rotatable bonds is 7. The minimum Gasteiger partial charge on any atom is -0.337 e. The van der Waals surface area contributed by atoms with Gasteiger partial charge in [-0.25, -0.2) is 0 Å². The third-order valence-corrected chi connectivity index (χ3v) is 11.4. The number of hydrogen-bond donors (Lipinski definition) is 0. The minimum atomic E-state index is 0.00398. The van der Waals surface area contributed by atoms with Crippen molar-refractivity contribution < 1.29 is 0 Å². The Bertz CT molecular complexity index is 2250. The Labute approximate surface area is 317 Å². The van der Waals surface area contributed by atoms with E-state index < -0.39 is 0 Å². The second-order valence-corrected chi connectivity index (χ2v) is 16.4. The molecular formula is C52H51N. The van der Waals surface area contributed by atoms with Gasteiger partial charge in [0.25, 0.3) is 0 Å². The van der Waals surface area contributed by atoms with E-state index in [1.165, 1.54) is 103 Å². The highest BCUT2D eigenvalue weighted by atomic mass is 15.2. The first-order valence-corrected chi connectivity index (χ1v) is 19.4. The van der Waals surface area contributed by atoms with Crippen molar-refractivity contribution >= 4 is 34.7 Å². The van der Waals surface area contributed by atoms with Gasteiger partial charge in [-0.3, -0.25) is 0 Å². The molecule has 1 aliphatic carbocycles. The summed E-state index contributed by atoms with van der Waals surface area (Å²) in [6.45, 7) is 13.5. The third kappa shape index (κ3) is 7.18. The molecule has 1 nitrogen and oxygen atoms in total. The van der Waals surface area contributed by atoms with Gasteiger partial charge >= 0.3 is 0 Å². The molecule has 0 aromatic heterocycles. The molecule has 1 fully saturated rings. The standard InChI is InChI=1S/C52H51N/c1-35-15-22-41(23-16-35)47(42-24-17-36(2)18-25-42)31-38-21-28-51-49(32-38)46-13-10-14-50(46)53(51)45-30-39(29-44(34-45)52(4,5)6)33-48(40-11-8-7-9-12-40)43-26-19-37(3)20-27-43/h7-9,11-12,15-34,46,50H,10,13-14H2,1-6H3/b48-33+. The van der Waals surface area contributed by atoms with Gasteiger partial charge in [0.05, 0.1) is 0 Å². The molecule has 0 spiro atoms. The first kappa shape index (κ1) is 34.7. The topological polar surface area (TPSA) is 3.24 Å². The Kier molecular flexibility index (Phi) is 9.29. The van der Waals surface area contributed by atoms with Crippen LogP contribution in [0.5, 0.6) is 0 Å². The smallest absolute Gasteiger partial charge is 0.0450 e. The van der Waals surface area contributed by atoms with Crippen molar-refractivity contribution in [1.29, 1.82) is 0 Å².